The minimum absolute atomic E-state index is 0.0267. The maximum absolute atomic E-state index is 12.3. The monoisotopic (exact) mass is 354 g/mol. The van der Waals surface area contributed by atoms with Crippen molar-refractivity contribution in [2.24, 2.45) is 0 Å². The number of anilines is 1. The van der Waals surface area contributed by atoms with E-state index in [4.69, 9.17) is 0 Å². The summed E-state index contributed by atoms with van der Waals surface area (Å²) < 4.78 is 27.0. The van der Waals surface area contributed by atoms with Gasteiger partial charge in [-0.25, -0.2) is 8.42 Å². The van der Waals surface area contributed by atoms with Gasteiger partial charge in [0.15, 0.2) is 0 Å². The zero-order valence-corrected chi connectivity index (χ0v) is 14.4. The summed E-state index contributed by atoms with van der Waals surface area (Å²) in [4.78, 5) is 23.1. The van der Waals surface area contributed by atoms with Gasteiger partial charge in [-0.1, -0.05) is 0 Å². The molecule has 0 saturated carbocycles. The number of benzene rings is 1. The van der Waals surface area contributed by atoms with Gasteiger partial charge in [-0.15, -0.1) is 0 Å². The molecule has 0 spiro atoms. The highest BCUT2D eigenvalue weighted by Gasteiger charge is 2.24. The Bertz CT molecular complexity index is 697. The number of rotatable bonds is 6. The molecule has 9 heteroatoms. The lowest BCUT2D eigenvalue weighted by Gasteiger charge is -2.17. The molecular weight excluding hydrogens is 332 g/mol. The zero-order valence-electron chi connectivity index (χ0n) is 13.6. The summed E-state index contributed by atoms with van der Waals surface area (Å²) in [5.74, 6) is -0.599. The Hall–Kier alpha value is -1.97. The van der Waals surface area contributed by atoms with E-state index in [1.165, 1.54) is 38.1 Å². The molecule has 4 N–H and O–H groups in total. The van der Waals surface area contributed by atoms with Crippen molar-refractivity contribution in [3.8, 4) is 0 Å². The first-order valence-electron chi connectivity index (χ1n) is 7.69. The minimum atomic E-state index is -3.82. The van der Waals surface area contributed by atoms with Crippen LogP contribution in [0.1, 0.15) is 20.3 Å². The molecular formula is C15H22N4O4S. The van der Waals surface area contributed by atoms with Crippen LogP contribution in [0.2, 0.25) is 0 Å². The quantitative estimate of drug-likeness (QED) is 0.564. The Morgan fingerprint density at radius 1 is 1.25 bits per heavy atom. The maximum atomic E-state index is 12.3. The van der Waals surface area contributed by atoms with Crippen molar-refractivity contribution in [2.75, 3.05) is 18.4 Å². The summed E-state index contributed by atoms with van der Waals surface area (Å²) in [6, 6.07) is 4.88. The van der Waals surface area contributed by atoms with E-state index in [0.717, 1.165) is 13.0 Å². The summed E-state index contributed by atoms with van der Waals surface area (Å²) in [5, 5.41) is 8.49. The van der Waals surface area contributed by atoms with Crippen LogP contribution in [0.25, 0.3) is 0 Å². The fourth-order valence-corrected chi connectivity index (χ4v) is 3.58. The summed E-state index contributed by atoms with van der Waals surface area (Å²) in [6.45, 7) is 4.40. The molecule has 1 heterocycles. The molecule has 0 aliphatic carbocycles. The van der Waals surface area contributed by atoms with Gasteiger partial charge < -0.3 is 16.0 Å². The molecule has 0 bridgehead atoms. The van der Waals surface area contributed by atoms with E-state index in [2.05, 4.69) is 20.7 Å². The zero-order chi connectivity index (χ0) is 17.7. The Morgan fingerprint density at radius 2 is 1.92 bits per heavy atom. The van der Waals surface area contributed by atoms with E-state index in [1.54, 1.807) is 0 Å². The SMILES string of the molecule is CC(=O)Nc1ccc(S(=O)(=O)NC(C)C(=O)NC2CCNC2)cc1. The Kier molecular flexibility index (Phi) is 5.92. The molecule has 2 amide bonds. The molecule has 1 aromatic carbocycles. The molecule has 0 aromatic heterocycles. The van der Waals surface area contributed by atoms with Crippen LogP contribution in [0.5, 0.6) is 0 Å². The first kappa shape index (κ1) is 18.4. The van der Waals surface area contributed by atoms with Crippen LogP contribution in [-0.4, -0.2) is 45.4 Å². The van der Waals surface area contributed by atoms with Crippen LogP contribution in [0, 0.1) is 0 Å². The number of carbonyl (C=O) groups is 2. The number of sulfonamides is 1. The number of amides is 2. The van der Waals surface area contributed by atoms with Crippen LogP contribution in [0.4, 0.5) is 5.69 Å². The third-order valence-electron chi connectivity index (χ3n) is 3.62. The molecule has 24 heavy (non-hydrogen) atoms. The highest BCUT2D eigenvalue weighted by Crippen LogP contribution is 2.14. The topological polar surface area (TPSA) is 116 Å². The minimum Gasteiger partial charge on any atom is -0.351 e. The Labute approximate surface area is 141 Å². The standard InChI is InChI=1S/C15H22N4O4S/c1-10(15(21)18-13-7-8-16-9-13)19-24(22,23)14-5-3-12(4-6-14)17-11(2)20/h3-6,10,13,16,19H,7-9H2,1-2H3,(H,17,20)(H,18,21). The van der Waals surface area contributed by atoms with Gasteiger partial charge >= 0.3 is 0 Å². The van der Waals surface area contributed by atoms with E-state index in [9.17, 15) is 18.0 Å². The van der Waals surface area contributed by atoms with Crippen LogP contribution in [0.3, 0.4) is 0 Å². The van der Waals surface area contributed by atoms with E-state index < -0.39 is 16.1 Å². The van der Waals surface area contributed by atoms with Crippen molar-refractivity contribution in [3.05, 3.63) is 24.3 Å². The number of hydrogen-bond donors (Lipinski definition) is 4. The molecule has 0 radical (unpaired) electrons. The first-order valence-corrected chi connectivity index (χ1v) is 9.17. The summed E-state index contributed by atoms with van der Waals surface area (Å²) in [5.41, 5.74) is 0.501. The summed E-state index contributed by atoms with van der Waals surface area (Å²) >= 11 is 0. The van der Waals surface area contributed by atoms with Crippen LogP contribution in [-0.2, 0) is 19.6 Å². The van der Waals surface area contributed by atoms with E-state index >= 15 is 0 Å². The highest BCUT2D eigenvalue weighted by molar-refractivity contribution is 7.89. The summed E-state index contributed by atoms with van der Waals surface area (Å²) in [7, 11) is -3.82. The normalized spacial score (nSPS) is 18.8. The van der Waals surface area contributed by atoms with Crippen LogP contribution >= 0.6 is 0 Å². The van der Waals surface area contributed by atoms with E-state index in [1.807, 2.05) is 0 Å². The second-order valence-corrected chi connectivity index (χ2v) is 7.46. The molecule has 2 rings (SSSR count). The van der Waals surface area contributed by atoms with Crippen molar-refractivity contribution in [3.63, 3.8) is 0 Å². The molecule has 1 aromatic rings. The first-order chi connectivity index (χ1) is 11.3. The van der Waals surface area contributed by atoms with Gasteiger partial charge in [0, 0.05) is 25.2 Å². The van der Waals surface area contributed by atoms with Gasteiger partial charge in [0.2, 0.25) is 21.8 Å². The second kappa shape index (κ2) is 7.73. The number of hydrogen-bond acceptors (Lipinski definition) is 5. The van der Waals surface area contributed by atoms with Crippen molar-refractivity contribution in [1.82, 2.24) is 15.4 Å². The van der Waals surface area contributed by atoms with Gasteiger partial charge in [-0.3, -0.25) is 9.59 Å². The fraction of sp³-hybridized carbons (Fsp3) is 0.467. The Balaban J connectivity index is 1.98. The highest BCUT2D eigenvalue weighted by atomic mass is 32.2. The average molecular weight is 354 g/mol. The van der Waals surface area contributed by atoms with Crippen molar-refractivity contribution in [1.29, 1.82) is 0 Å². The van der Waals surface area contributed by atoms with Gasteiger partial charge in [0.05, 0.1) is 10.9 Å². The van der Waals surface area contributed by atoms with Crippen LogP contribution in [0.15, 0.2) is 29.2 Å². The lowest BCUT2D eigenvalue weighted by Crippen LogP contribution is -2.48. The maximum Gasteiger partial charge on any atom is 0.241 e. The molecule has 2 atom stereocenters. The second-order valence-electron chi connectivity index (χ2n) is 5.75. The van der Waals surface area contributed by atoms with Gasteiger partial charge in [-0.2, -0.15) is 4.72 Å². The molecule has 1 saturated heterocycles. The third-order valence-corrected chi connectivity index (χ3v) is 5.17. The molecule has 8 nitrogen and oxygen atoms in total. The summed E-state index contributed by atoms with van der Waals surface area (Å²) in [6.07, 6.45) is 0.829. The predicted molar refractivity (Wildman–Crippen MR) is 89.9 cm³/mol. The van der Waals surface area contributed by atoms with E-state index in [-0.39, 0.29) is 22.8 Å². The number of nitrogens with one attached hydrogen (secondary N) is 4. The van der Waals surface area contributed by atoms with E-state index in [0.29, 0.717) is 12.2 Å². The lowest BCUT2D eigenvalue weighted by molar-refractivity contribution is -0.123. The molecule has 2 unspecified atom stereocenters. The molecule has 1 fully saturated rings. The van der Waals surface area contributed by atoms with Gasteiger partial charge in [-0.05, 0) is 44.2 Å². The molecule has 1 aliphatic heterocycles. The van der Waals surface area contributed by atoms with Crippen molar-refractivity contribution < 1.29 is 18.0 Å². The lowest BCUT2D eigenvalue weighted by atomic mass is 10.2. The van der Waals surface area contributed by atoms with Gasteiger partial charge in [0.25, 0.3) is 0 Å². The molecule has 132 valence electrons. The number of carbonyl (C=O) groups excluding carboxylic acids is 2. The van der Waals surface area contributed by atoms with Crippen molar-refractivity contribution >= 4 is 27.5 Å². The molecule has 1 aliphatic rings. The fourth-order valence-electron chi connectivity index (χ4n) is 2.38. The largest absolute Gasteiger partial charge is 0.351 e. The van der Waals surface area contributed by atoms with Crippen LogP contribution < -0.4 is 20.7 Å². The van der Waals surface area contributed by atoms with Gasteiger partial charge in [0.1, 0.15) is 0 Å². The Morgan fingerprint density at radius 3 is 2.46 bits per heavy atom. The predicted octanol–water partition coefficient (Wildman–Crippen LogP) is -0.210. The average Bonchev–Trinajstić information content (AvgIpc) is 2.99. The van der Waals surface area contributed by atoms with Crippen molar-refractivity contribution in [2.45, 2.75) is 37.2 Å². The smallest absolute Gasteiger partial charge is 0.241 e. The third kappa shape index (κ3) is 5.02.